The number of rotatable bonds is 6. The Kier molecular flexibility index (Phi) is 4.29. The lowest BCUT2D eigenvalue weighted by Gasteiger charge is -2.07. The lowest BCUT2D eigenvalue weighted by atomic mass is 10.3. The summed E-state index contributed by atoms with van der Waals surface area (Å²) in [7, 11) is 0. The van der Waals surface area contributed by atoms with Gasteiger partial charge in [0, 0.05) is 13.0 Å². The standard InChI is InChI=1S/C13H14FN3O3/c1-9-12(13(18)19)15-16-17(9)7-4-8-20-11-6-3-2-5-10(11)14/h2-3,5-6H,4,7-8H2,1H3,(H,18,19). The highest BCUT2D eigenvalue weighted by molar-refractivity contribution is 5.86. The van der Waals surface area contributed by atoms with E-state index in [1.165, 1.54) is 10.7 Å². The van der Waals surface area contributed by atoms with Crippen molar-refractivity contribution in [2.75, 3.05) is 6.61 Å². The van der Waals surface area contributed by atoms with Crippen LogP contribution in [0.2, 0.25) is 0 Å². The predicted octanol–water partition coefficient (Wildman–Crippen LogP) is 1.89. The van der Waals surface area contributed by atoms with Crippen LogP contribution in [0.4, 0.5) is 4.39 Å². The third-order valence-electron chi connectivity index (χ3n) is 2.79. The molecule has 0 amide bonds. The third-order valence-corrected chi connectivity index (χ3v) is 2.79. The maximum Gasteiger partial charge on any atom is 0.358 e. The quantitative estimate of drug-likeness (QED) is 0.817. The fraction of sp³-hybridized carbons (Fsp3) is 0.308. The molecule has 0 unspecified atom stereocenters. The summed E-state index contributed by atoms with van der Waals surface area (Å²) in [6.45, 7) is 2.41. The van der Waals surface area contributed by atoms with Gasteiger partial charge in [0.1, 0.15) is 0 Å². The highest BCUT2D eigenvalue weighted by Gasteiger charge is 2.14. The molecule has 0 bridgehead atoms. The van der Waals surface area contributed by atoms with Crippen LogP contribution in [0.3, 0.4) is 0 Å². The van der Waals surface area contributed by atoms with E-state index in [1.807, 2.05) is 0 Å². The van der Waals surface area contributed by atoms with Crippen LogP contribution in [0.1, 0.15) is 22.6 Å². The number of aromatic nitrogens is 3. The van der Waals surface area contributed by atoms with Gasteiger partial charge in [0.25, 0.3) is 0 Å². The number of benzene rings is 1. The van der Waals surface area contributed by atoms with E-state index < -0.39 is 11.8 Å². The lowest BCUT2D eigenvalue weighted by molar-refractivity contribution is 0.0689. The molecule has 0 aliphatic carbocycles. The van der Waals surface area contributed by atoms with E-state index in [4.69, 9.17) is 9.84 Å². The minimum atomic E-state index is -1.10. The number of hydrogen-bond acceptors (Lipinski definition) is 4. The molecule has 0 spiro atoms. The Hall–Kier alpha value is -2.44. The molecule has 0 aliphatic heterocycles. The van der Waals surface area contributed by atoms with Crippen LogP contribution in [0.25, 0.3) is 0 Å². The summed E-state index contributed by atoms with van der Waals surface area (Å²) in [6.07, 6.45) is 0.567. The minimum Gasteiger partial charge on any atom is -0.490 e. The van der Waals surface area contributed by atoms with Crippen molar-refractivity contribution in [3.8, 4) is 5.75 Å². The van der Waals surface area contributed by atoms with Crippen LogP contribution in [-0.2, 0) is 6.54 Å². The first-order chi connectivity index (χ1) is 9.59. The van der Waals surface area contributed by atoms with Crippen molar-refractivity contribution in [2.24, 2.45) is 0 Å². The number of aryl methyl sites for hydroxylation is 1. The summed E-state index contributed by atoms with van der Waals surface area (Å²) in [5, 5.41) is 16.2. The Bertz CT molecular complexity index is 613. The third kappa shape index (κ3) is 3.11. The maximum atomic E-state index is 13.3. The molecule has 106 valence electrons. The molecular weight excluding hydrogens is 265 g/mol. The van der Waals surface area contributed by atoms with E-state index in [1.54, 1.807) is 25.1 Å². The van der Waals surface area contributed by atoms with Crippen LogP contribution in [0.15, 0.2) is 24.3 Å². The molecule has 7 heteroatoms. The fourth-order valence-electron chi connectivity index (χ4n) is 1.73. The molecule has 6 nitrogen and oxygen atoms in total. The Balaban J connectivity index is 1.85. The van der Waals surface area contributed by atoms with Crippen molar-refractivity contribution in [1.29, 1.82) is 0 Å². The molecule has 1 aromatic heterocycles. The summed E-state index contributed by atoms with van der Waals surface area (Å²) in [5.41, 5.74) is 0.434. The van der Waals surface area contributed by atoms with Crippen molar-refractivity contribution < 1.29 is 19.0 Å². The second-order valence-corrected chi connectivity index (χ2v) is 4.18. The Morgan fingerprint density at radius 3 is 2.85 bits per heavy atom. The SMILES string of the molecule is Cc1c(C(=O)O)nnn1CCCOc1ccccc1F. The smallest absolute Gasteiger partial charge is 0.358 e. The number of carbonyl (C=O) groups is 1. The first kappa shape index (κ1) is 14.0. The summed E-state index contributed by atoms with van der Waals surface area (Å²) in [6, 6.07) is 6.17. The molecular formula is C13H14FN3O3. The molecule has 0 saturated heterocycles. The van der Waals surface area contributed by atoms with Crippen molar-refractivity contribution in [3.63, 3.8) is 0 Å². The molecule has 0 saturated carbocycles. The van der Waals surface area contributed by atoms with Gasteiger partial charge in [0.05, 0.1) is 12.3 Å². The highest BCUT2D eigenvalue weighted by atomic mass is 19.1. The number of hydrogen-bond donors (Lipinski definition) is 1. The fourth-order valence-corrected chi connectivity index (χ4v) is 1.73. The number of nitrogens with zero attached hydrogens (tertiary/aromatic N) is 3. The summed E-state index contributed by atoms with van der Waals surface area (Å²) in [5.74, 6) is -1.30. The molecule has 0 radical (unpaired) electrons. The second-order valence-electron chi connectivity index (χ2n) is 4.18. The van der Waals surface area contributed by atoms with Crippen molar-refractivity contribution in [2.45, 2.75) is 19.9 Å². The topological polar surface area (TPSA) is 77.2 Å². The van der Waals surface area contributed by atoms with Crippen molar-refractivity contribution >= 4 is 5.97 Å². The van der Waals surface area contributed by atoms with Gasteiger partial charge in [0.15, 0.2) is 17.3 Å². The molecule has 2 rings (SSSR count). The molecule has 0 fully saturated rings. The van der Waals surface area contributed by atoms with Gasteiger partial charge in [-0.3, -0.25) is 0 Å². The number of carboxylic acids is 1. The average Bonchev–Trinajstić information content (AvgIpc) is 2.78. The van der Waals surface area contributed by atoms with E-state index in [2.05, 4.69) is 10.3 Å². The van der Waals surface area contributed by atoms with E-state index in [0.717, 1.165) is 0 Å². The van der Waals surface area contributed by atoms with Crippen LogP contribution >= 0.6 is 0 Å². The van der Waals surface area contributed by atoms with Gasteiger partial charge in [-0.05, 0) is 19.1 Å². The number of carboxylic acid groups (broad SMARTS) is 1. The zero-order valence-electron chi connectivity index (χ0n) is 10.9. The van der Waals surface area contributed by atoms with Gasteiger partial charge in [-0.1, -0.05) is 17.3 Å². The lowest BCUT2D eigenvalue weighted by Crippen LogP contribution is -2.08. The summed E-state index contributed by atoms with van der Waals surface area (Å²) < 4.78 is 20.1. The molecule has 20 heavy (non-hydrogen) atoms. The Morgan fingerprint density at radius 2 is 2.20 bits per heavy atom. The van der Waals surface area contributed by atoms with E-state index >= 15 is 0 Å². The van der Waals surface area contributed by atoms with Gasteiger partial charge < -0.3 is 9.84 Å². The number of aromatic carboxylic acids is 1. The Morgan fingerprint density at radius 1 is 1.45 bits per heavy atom. The predicted molar refractivity (Wildman–Crippen MR) is 68.2 cm³/mol. The average molecular weight is 279 g/mol. The van der Waals surface area contributed by atoms with Gasteiger partial charge >= 0.3 is 5.97 Å². The van der Waals surface area contributed by atoms with Crippen LogP contribution in [-0.4, -0.2) is 32.7 Å². The zero-order chi connectivity index (χ0) is 14.5. The minimum absolute atomic E-state index is 0.0555. The first-order valence-electron chi connectivity index (χ1n) is 6.10. The molecule has 1 heterocycles. The van der Waals surface area contributed by atoms with Crippen LogP contribution < -0.4 is 4.74 Å². The molecule has 1 N–H and O–H groups in total. The molecule has 1 aromatic carbocycles. The normalized spacial score (nSPS) is 10.5. The highest BCUT2D eigenvalue weighted by Crippen LogP contribution is 2.15. The monoisotopic (exact) mass is 279 g/mol. The van der Waals surface area contributed by atoms with E-state index in [-0.39, 0.29) is 11.4 Å². The number of halogens is 1. The molecule has 0 atom stereocenters. The van der Waals surface area contributed by atoms with Crippen LogP contribution in [0, 0.1) is 12.7 Å². The summed E-state index contributed by atoms with van der Waals surface area (Å²) in [4.78, 5) is 10.8. The van der Waals surface area contributed by atoms with E-state index in [9.17, 15) is 9.18 Å². The molecule has 2 aromatic rings. The second kappa shape index (κ2) is 6.14. The van der Waals surface area contributed by atoms with Crippen molar-refractivity contribution in [3.05, 3.63) is 41.5 Å². The maximum absolute atomic E-state index is 13.3. The molecule has 0 aliphatic rings. The van der Waals surface area contributed by atoms with Gasteiger partial charge in [-0.15, -0.1) is 5.10 Å². The van der Waals surface area contributed by atoms with Gasteiger partial charge in [0.2, 0.25) is 0 Å². The van der Waals surface area contributed by atoms with Gasteiger partial charge in [-0.2, -0.15) is 0 Å². The summed E-state index contributed by atoms with van der Waals surface area (Å²) >= 11 is 0. The van der Waals surface area contributed by atoms with Gasteiger partial charge in [-0.25, -0.2) is 13.9 Å². The first-order valence-corrected chi connectivity index (χ1v) is 6.10. The van der Waals surface area contributed by atoms with E-state index in [0.29, 0.717) is 25.3 Å². The number of ether oxygens (including phenoxy) is 1. The largest absolute Gasteiger partial charge is 0.490 e. The van der Waals surface area contributed by atoms with Crippen molar-refractivity contribution in [1.82, 2.24) is 15.0 Å². The Labute approximate surface area is 114 Å². The number of para-hydroxylation sites is 1. The van der Waals surface area contributed by atoms with Crippen LogP contribution in [0.5, 0.6) is 5.75 Å². The zero-order valence-corrected chi connectivity index (χ0v) is 10.9.